The van der Waals surface area contributed by atoms with Crippen LogP contribution < -0.4 is 15.6 Å². The molecule has 0 atom stereocenters. The number of pyridine rings is 2. The van der Waals surface area contributed by atoms with Gasteiger partial charge in [-0.3, -0.25) is 14.5 Å². The minimum absolute atomic E-state index is 0.0467. The van der Waals surface area contributed by atoms with Crippen LogP contribution in [0, 0.1) is 5.92 Å². The number of aromatic nitrogens is 4. The smallest absolute Gasteiger partial charge is 0.273 e. The van der Waals surface area contributed by atoms with Gasteiger partial charge in [-0.2, -0.15) is 5.10 Å². The van der Waals surface area contributed by atoms with E-state index in [0.717, 1.165) is 42.6 Å². The van der Waals surface area contributed by atoms with Crippen LogP contribution in [0.3, 0.4) is 0 Å². The van der Waals surface area contributed by atoms with Gasteiger partial charge in [-0.25, -0.2) is 0 Å². The molecule has 0 aromatic carbocycles. The van der Waals surface area contributed by atoms with E-state index in [2.05, 4.69) is 35.3 Å². The highest BCUT2D eigenvalue weighted by Gasteiger charge is 2.24. The number of aryl methyl sites for hydroxylation is 1. The maximum Gasteiger partial charge on any atom is 0.273 e. The van der Waals surface area contributed by atoms with Gasteiger partial charge in [0.1, 0.15) is 11.4 Å². The highest BCUT2D eigenvalue weighted by molar-refractivity contribution is 5.65. The number of nitrogens with zero attached hydrogens (tertiary/aromatic N) is 4. The molecule has 0 amide bonds. The third-order valence-corrected chi connectivity index (χ3v) is 6.21. The van der Waals surface area contributed by atoms with Gasteiger partial charge in [0.15, 0.2) is 0 Å². The second-order valence-corrected chi connectivity index (χ2v) is 9.25. The molecule has 1 fully saturated rings. The molecule has 0 spiro atoms. The van der Waals surface area contributed by atoms with Gasteiger partial charge in [0.05, 0.1) is 19.5 Å². The lowest BCUT2D eigenvalue weighted by Crippen LogP contribution is -2.31. The van der Waals surface area contributed by atoms with Gasteiger partial charge in [0.2, 0.25) is 0 Å². The Balaban J connectivity index is 1.51. The Morgan fingerprint density at radius 2 is 1.88 bits per heavy atom. The van der Waals surface area contributed by atoms with E-state index in [9.17, 15) is 4.79 Å². The molecule has 1 N–H and O–H groups in total. The van der Waals surface area contributed by atoms with Crippen LogP contribution in [0.25, 0.3) is 11.1 Å². The van der Waals surface area contributed by atoms with Crippen molar-refractivity contribution < 1.29 is 4.74 Å². The number of ether oxygens (including phenoxy) is 1. The van der Waals surface area contributed by atoms with Gasteiger partial charge in [-0.05, 0) is 55.2 Å². The summed E-state index contributed by atoms with van der Waals surface area (Å²) in [4.78, 5) is 17.5. The van der Waals surface area contributed by atoms with Gasteiger partial charge in [0, 0.05) is 49.4 Å². The molecule has 32 heavy (non-hydrogen) atoms. The molecule has 0 unspecified atom stereocenters. The number of anilines is 1. The van der Waals surface area contributed by atoms with E-state index in [1.165, 1.54) is 5.56 Å². The van der Waals surface area contributed by atoms with Crippen LogP contribution in [-0.2, 0) is 13.6 Å². The van der Waals surface area contributed by atoms with Crippen LogP contribution >= 0.6 is 0 Å². The van der Waals surface area contributed by atoms with Gasteiger partial charge >= 0.3 is 0 Å². The van der Waals surface area contributed by atoms with Crippen LogP contribution in [0.15, 0.2) is 47.9 Å². The maximum atomic E-state index is 13.2. The predicted octanol–water partition coefficient (Wildman–Crippen LogP) is 4.45. The van der Waals surface area contributed by atoms with Crippen molar-refractivity contribution in [2.24, 2.45) is 13.0 Å². The first-order valence-electron chi connectivity index (χ1n) is 11.4. The molecule has 7 heteroatoms. The molecule has 170 valence electrons. The monoisotopic (exact) mass is 435 g/mol. The lowest BCUT2D eigenvalue weighted by molar-refractivity contribution is 0.399. The van der Waals surface area contributed by atoms with Gasteiger partial charge in [-0.15, -0.1) is 0 Å². The molecule has 1 saturated carbocycles. The summed E-state index contributed by atoms with van der Waals surface area (Å²) in [6.45, 7) is 4.95. The molecule has 3 aromatic rings. The number of methoxy groups -OCH3 is 1. The van der Waals surface area contributed by atoms with E-state index >= 15 is 0 Å². The molecular formula is C25H33N5O2. The zero-order chi connectivity index (χ0) is 22.7. The Labute approximate surface area is 189 Å². The third kappa shape index (κ3) is 5.03. The Bertz CT molecular complexity index is 1110. The fraction of sp³-hybridized carbons (Fsp3) is 0.480. The van der Waals surface area contributed by atoms with Crippen LogP contribution in [0.5, 0.6) is 5.75 Å². The lowest BCUT2D eigenvalue weighted by Gasteiger charge is -2.30. The quantitative estimate of drug-likeness (QED) is 0.594. The topological polar surface area (TPSA) is 74.0 Å². The minimum atomic E-state index is 0.0467. The van der Waals surface area contributed by atoms with Crippen LogP contribution in [-0.4, -0.2) is 32.5 Å². The fourth-order valence-corrected chi connectivity index (χ4v) is 4.56. The zero-order valence-corrected chi connectivity index (χ0v) is 19.4. The van der Waals surface area contributed by atoms with Crippen LogP contribution in [0.1, 0.15) is 51.0 Å². The van der Waals surface area contributed by atoms with Crippen LogP contribution in [0.2, 0.25) is 0 Å². The van der Waals surface area contributed by atoms with Crippen molar-refractivity contribution in [1.82, 2.24) is 19.3 Å². The van der Waals surface area contributed by atoms with Gasteiger partial charge < -0.3 is 14.6 Å². The number of nitrogens with one attached hydrogen (secondary N) is 1. The van der Waals surface area contributed by atoms with Crippen LogP contribution in [0.4, 0.5) is 5.69 Å². The second-order valence-electron chi connectivity index (χ2n) is 9.25. The van der Waals surface area contributed by atoms with E-state index in [-0.39, 0.29) is 11.6 Å². The van der Waals surface area contributed by atoms with E-state index in [1.807, 2.05) is 42.5 Å². The molecule has 0 radical (unpaired) electrons. The summed E-state index contributed by atoms with van der Waals surface area (Å²) in [7, 11) is 3.58. The highest BCUT2D eigenvalue weighted by atomic mass is 16.5. The lowest BCUT2D eigenvalue weighted by atomic mass is 9.82. The Morgan fingerprint density at radius 1 is 1.09 bits per heavy atom. The summed E-state index contributed by atoms with van der Waals surface area (Å²) in [5.74, 6) is 1.67. The Kier molecular flexibility index (Phi) is 6.63. The fourth-order valence-electron chi connectivity index (χ4n) is 4.56. The first-order chi connectivity index (χ1) is 15.4. The van der Waals surface area contributed by atoms with Crippen molar-refractivity contribution in [1.29, 1.82) is 0 Å². The molecule has 0 saturated heterocycles. The number of hydrogen-bond acceptors (Lipinski definition) is 5. The van der Waals surface area contributed by atoms with Crippen molar-refractivity contribution in [3.8, 4) is 16.9 Å². The molecule has 4 rings (SSSR count). The molecule has 3 heterocycles. The van der Waals surface area contributed by atoms with Gasteiger partial charge in [0.25, 0.3) is 5.56 Å². The molecule has 7 nitrogen and oxygen atoms in total. The van der Waals surface area contributed by atoms with Crippen molar-refractivity contribution >= 4 is 5.69 Å². The van der Waals surface area contributed by atoms with Crippen molar-refractivity contribution in [3.05, 3.63) is 59.0 Å². The molecule has 0 bridgehead atoms. The number of rotatable bonds is 7. The van der Waals surface area contributed by atoms with Crippen molar-refractivity contribution in [3.63, 3.8) is 0 Å². The zero-order valence-electron chi connectivity index (χ0n) is 19.4. The van der Waals surface area contributed by atoms with E-state index < -0.39 is 0 Å². The normalized spacial score (nSPS) is 18.7. The summed E-state index contributed by atoms with van der Waals surface area (Å²) in [5, 5.41) is 7.87. The van der Waals surface area contributed by atoms with E-state index in [4.69, 9.17) is 4.74 Å². The first-order valence-corrected chi connectivity index (χ1v) is 11.4. The molecule has 0 aliphatic heterocycles. The third-order valence-electron chi connectivity index (χ3n) is 6.21. The Hall–Kier alpha value is -3.09. The Morgan fingerprint density at radius 3 is 2.53 bits per heavy atom. The summed E-state index contributed by atoms with van der Waals surface area (Å²) < 4.78 is 8.95. The van der Waals surface area contributed by atoms with E-state index in [0.29, 0.717) is 24.1 Å². The van der Waals surface area contributed by atoms with Crippen molar-refractivity contribution in [2.45, 2.75) is 58.0 Å². The molecule has 3 aromatic heterocycles. The molecule has 1 aliphatic carbocycles. The molecule has 1 aliphatic rings. The summed E-state index contributed by atoms with van der Waals surface area (Å²) in [5.41, 5.74) is 3.99. The van der Waals surface area contributed by atoms with Gasteiger partial charge in [-0.1, -0.05) is 13.8 Å². The largest absolute Gasteiger partial charge is 0.495 e. The average Bonchev–Trinajstić information content (AvgIpc) is 3.23. The standard InChI is InChI=1S/C25H33N5O2/c1-17(2)14-30-16-20(21-12-27-29(3)15-21)10-24(25(30)31)28-22-7-5-18(6-8-22)19-9-23(32-4)13-26-11-19/h9-13,15-18,22,28H,5-8,14H2,1-4H3/t18-,22+. The SMILES string of the molecule is COc1cncc([C@H]2CC[C@@H](Nc3cc(-c4cnn(C)c4)cn(CC(C)C)c3=O)CC2)c1. The average molecular weight is 436 g/mol. The first kappa shape index (κ1) is 22.1. The summed E-state index contributed by atoms with van der Waals surface area (Å²) >= 11 is 0. The predicted molar refractivity (Wildman–Crippen MR) is 127 cm³/mol. The highest BCUT2D eigenvalue weighted by Crippen LogP contribution is 2.35. The number of hydrogen-bond donors (Lipinski definition) is 1. The molecular weight excluding hydrogens is 402 g/mol. The second kappa shape index (κ2) is 9.59. The summed E-state index contributed by atoms with van der Waals surface area (Å²) in [6.07, 6.45) is 13.6. The maximum absolute atomic E-state index is 13.2. The minimum Gasteiger partial charge on any atom is -0.495 e. The van der Waals surface area contributed by atoms with Crippen molar-refractivity contribution in [2.75, 3.05) is 12.4 Å². The van der Waals surface area contributed by atoms with E-state index in [1.54, 1.807) is 18.0 Å². The summed E-state index contributed by atoms with van der Waals surface area (Å²) in [6, 6.07) is 4.36.